The number of nitrogens with zero attached hydrogens (tertiary/aromatic N) is 2. The summed E-state index contributed by atoms with van der Waals surface area (Å²) in [5.74, 6) is 1.08. The van der Waals surface area contributed by atoms with Crippen LogP contribution in [0.2, 0.25) is 0 Å². The van der Waals surface area contributed by atoms with E-state index in [1.807, 2.05) is 0 Å². The molecular formula is C35H25N3. The van der Waals surface area contributed by atoms with E-state index >= 15 is 0 Å². The van der Waals surface area contributed by atoms with Crippen LogP contribution in [-0.2, 0) is 0 Å². The van der Waals surface area contributed by atoms with Gasteiger partial charge in [-0.1, -0.05) is 103 Å². The second kappa shape index (κ2) is 8.25. The summed E-state index contributed by atoms with van der Waals surface area (Å²) in [6.45, 7) is 0. The first-order valence-corrected chi connectivity index (χ1v) is 13.1. The predicted molar refractivity (Wildman–Crippen MR) is 160 cm³/mol. The second-order valence-corrected chi connectivity index (χ2v) is 9.87. The summed E-state index contributed by atoms with van der Waals surface area (Å²) in [5, 5.41) is 8.89. The van der Waals surface area contributed by atoms with Crippen molar-refractivity contribution in [3.63, 3.8) is 0 Å². The van der Waals surface area contributed by atoms with Gasteiger partial charge in [-0.2, -0.15) is 0 Å². The molecule has 38 heavy (non-hydrogen) atoms. The van der Waals surface area contributed by atoms with Gasteiger partial charge in [0.1, 0.15) is 5.82 Å². The highest BCUT2D eigenvalue weighted by Crippen LogP contribution is 2.42. The summed E-state index contributed by atoms with van der Waals surface area (Å²) in [6, 6.07) is 43.5. The Kier molecular flexibility index (Phi) is 4.58. The van der Waals surface area contributed by atoms with Crippen LogP contribution in [0.1, 0.15) is 11.6 Å². The molecule has 1 aliphatic rings. The number of hydrogen-bond donors (Lipinski definition) is 1. The van der Waals surface area contributed by atoms with Gasteiger partial charge in [0.25, 0.3) is 0 Å². The van der Waals surface area contributed by atoms with Crippen molar-refractivity contribution in [3.05, 3.63) is 145 Å². The van der Waals surface area contributed by atoms with Gasteiger partial charge in [0.2, 0.25) is 0 Å². The van der Waals surface area contributed by atoms with Gasteiger partial charge in [0.05, 0.1) is 28.1 Å². The lowest BCUT2D eigenvalue weighted by molar-refractivity contribution is 0.736. The van der Waals surface area contributed by atoms with E-state index in [9.17, 15) is 0 Å². The Labute approximate surface area is 220 Å². The molecule has 3 heterocycles. The number of fused-ring (bicyclic) bond motifs is 7. The van der Waals surface area contributed by atoms with Crippen molar-refractivity contribution in [2.24, 2.45) is 0 Å². The van der Waals surface area contributed by atoms with Crippen LogP contribution < -0.4 is 5.32 Å². The zero-order chi connectivity index (χ0) is 25.1. The Bertz CT molecular complexity index is 2040. The van der Waals surface area contributed by atoms with Crippen LogP contribution in [0, 0.1) is 0 Å². The summed E-state index contributed by atoms with van der Waals surface area (Å²) < 4.78 is 4.82. The highest BCUT2D eigenvalue weighted by molar-refractivity contribution is 6.26. The molecule has 2 aromatic heterocycles. The van der Waals surface area contributed by atoms with Gasteiger partial charge in [-0.3, -0.25) is 4.57 Å². The predicted octanol–water partition coefficient (Wildman–Crippen LogP) is 8.59. The van der Waals surface area contributed by atoms with Crippen LogP contribution in [0.25, 0.3) is 55.1 Å². The molecule has 1 atom stereocenters. The number of para-hydroxylation sites is 3. The van der Waals surface area contributed by atoms with E-state index in [0.29, 0.717) is 0 Å². The molecular weight excluding hydrogens is 462 g/mol. The first-order valence-electron chi connectivity index (χ1n) is 13.1. The molecule has 0 saturated heterocycles. The van der Waals surface area contributed by atoms with Crippen LogP contribution in [0.15, 0.2) is 140 Å². The average molecular weight is 488 g/mol. The van der Waals surface area contributed by atoms with E-state index in [1.54, 1.807) is 0 Å². The van der Waals surface area contributed by atoms with Crippen molar-refractivity contribution in [2.45, 2.75) is 6.04 Å². The van der Waals surface area contributed by atoms with Crippen molar-refractivity contribution >= 4 is 49.4 Å². The molecule has 0 amide bonds. The maximum atomic E-state index is 3.84. The highest BCUT2D eigenvalue weighted by atomic mass is 15.2. The van der Waals surface area contributed by atoms with Crippen LogP contribution in [-0.4, -0.2) is 9.13 Å². The number of hydrogen-bond acceptors (Lipinski definition) is 1. The fourth-order valence-electron chi connectivity index (χ4n) is 6.12. The zero-order valence-corrected chi connectivity index (χ0v) is 20.8. The minimum Gasteiger partial charge on any atom is -0.361 e. The van der Waals surface area contributed by atoms with Crippen LogP contribution in [0.3, 0.4) is 0 Å². The Balaban J connectivity index is 1.48. The Morgan fingerprint density at radius 1 is 0.526 bits per heavy atom. The van der Waals surface area contributed by atoms with E-state index in [2.05, 4.69) is 154 Å². The summed E-state index contributed by atoms with van der Waals surface area (Å²) in [6.07, 6.45) is 6.60. The van der Waals surface area contributed by atoms with E-state index in [-0.39, 0.29) is 6.04 Å². The molecule has 7 aromatic rings. The average Bonchev–Trinajstić information content (AvgIpc) is 3.51. The van der Waals surface area contributed by atoms with Gasteiger partial charge in [-0.05, 0) is 42.0 Å². The molecule has 0 bridgehead atoms. The quantitative estimate of drug-likeness (QED) is 0.265. The lowest BCUT2D eigenvalue weighted by atomic mass is 10.0. The Morgan fingerprint density at radius 2 is 1.18 bits per heavy atom. The lowest BCUT2D eigenvalue weighted by Gasteiger charge is -2.24. The fourth-order valence-corrected chi connectivity index (χ4v) is 6.12. The molecule has 0 spiro atoms. The Morgan fingerprint density at radius 3 is 1.97 bits per heavy atom. The standard InChI is InChI=1S/C35H25N3/c1-3-12-24(13-4-1)29-18-11-21-33(36-29)38-30-19-9-7-16-26(30)27-22-23-32-34(35(27)38)28-17-8-10-20-31(28)37(32)25-14-5-2-6-15-25/h1-23,29,36H. The molecule has 3 heteroatoms. The Hall–Kier alpha value is -5.02. The molecule has 8 rings (SSSR count). The molecule has 3 nitrogen and oxygen atoms in total. The van der Waals surface area contributed by atoms with Crippen molar-refractivity contribution in [1.82, 2.24) is 14.5 Å². The maximum Gasteiger partial charge on any atom is 0.111 e. The van der Waals surface area contributed by atoms with Crippen LogP contribution in [0.4, 0.5) is 0 Å². The van der Waals surface area contributed by atoms with E-state index in [4.69, 9.17) is 0 Å². The third-order valence-electron chi connectivity index (χ3n) is 7.74. The first kappa shape index (κ1) is 21.1. The van der Waals surface area contributed by atoms with Crippen LogP contribution >= 0.6 is 0 Å². The lowest BCUT2D eigenvalue weighted by Crippen LogP contribution is -2.23. The monoisotopic (exact) mass is 487 g/mol. The van der Waals surface area contributed by atoms with Crippen LogP contribution in [0.5, 0.6) is 0 Å². The number of dihydropyridines is 1. The number of allylic oxidation sites excluding steroid dienone is 2. The largest absolute Gasteiger partial charge is 0.361 e. The molecule has 1 aliphatic heterocycles. The zero-order valence-electron chi connectivity index (χ0n) is 20.8. The topological polar surface area (TPSA) is 21.9 Å². The van der Waals surface area contributed by atoms with E-state index < -0.39 is 0 Å². The molecule has 180 valence electrons. The second-order valence-electron chi connectivity index (χ2n) is 9.87. The summed E-state index contributed by atoms with van der Waals surface area (Å²) >= 11 is 0. The number of aromatic nitrogens is 2. The molecule has 1 unspecified atom stereocenters. The van der Waals surface area contributed by atoms with E-state index in [1.165, 1.54) is 54.9 Å². The van der Waals surface area contributed by atoms with Gasteiger partial charge in [-0.25, -0.2) is 0 Å². The van der Waals surface area contributed by atoms with Crippen molar-refractivity contribution < 1.29 is 0 Å². The van der Waals surface area contributed by atoms with Gasteiger partial charge >= 0.3 is 0 Å². The number of benzene rings is 5. The smallest absolute Gasteiger partial charge is 0.111 e. The molecule has 0 aliphatic carbocycles. The van der Waals surface area contributed by atoms with Gasteiger partial charge in [0.15, 0.2) is 0 Å². The van der Waals surface area contributed by atoms with Crippen molar-refractivity contribution in [1.29, 1.82) is 0 Å². The van der Waals surface area contributed by atoms with E-state index in [0.717, 1.165) is 5.82 Å². The summed E-state index contributed by atoms with van der Waals surface area (Å²) in [7, 11) is 0. The molecule has 0 fully saturated rings. The number of rotatable bonds is 3. The highest BCUT2D eigenvalue weighted by Gasteiger charge is 2.22. The minimum absolute atomic E-state index is 0.109. The van der Waals surface area contributed by atoms with Gasteiger partial charge < -0.3 is 9.88 Å². The SMILES string of the molecule is C1=CC(c2ccccc2)NC(n2c3ccccc3c3ccc4c(c5ccccc5n4-c4ccccc4)c32)=C1. The van der Waals surface area contributed by atoms with Gasteiger partial charge in [0, 0.05) is 27.2 Å². The fraction of sp³-hybridized carbons (Fsp3) is 0.0286. The number of nitrogens with one attached hydrogen (secondary N) is 1. The van der Waals surface area contributed by atoms with Crippen molar-refractivity contribution in [3.8, 4) is 5.69 Å². The maximum absolute atomic E-state index is 3.84. The van der Waals surface area contributed by atoms with Crippen molar-refractivity contribution in [2.75, 3.05) is 0 Å². The normalized spacial score (nSPS) is 15.4. The molecule has 1 N–H and O–H groups in total. The first-order chi connectivity index (χ1) is 18.9. The molecule has 0 saturated carbocycles. The molecule has 0 radical (unpaired) electrons. The third-order valence-corrected chi connectivity index (χ3v) is 7.74. The minimum atomic E-state index is 0.109. The summed E-state index contributed by atoms with van der Waals surface area (Å²) in [5.41, 5.74) is 7.28. The summed E-state index contributed by atoms with van der Waals surface area (Å²) in [4.78, 5) is 0. The van der Waals surface area contributed by atoms with Gasteiger partial charge in [-0.15, -0.1) is 0 Å². The molecule has 5 aromatic carbocycles. The third kappa shape index (κ3) is 3.02.